The number of nitrogens with zero attached hydrogens (tertiary/aromatic N) is 1. The van der Waals surface area contributed by atoms with Gasteiger partial charge in [0.2, 0.25) is 0 Å². The van der Waals surface area contributed by atoms with E-state index in [1.165, 1.54) is 0 Å². The van der Waals surface area contributed by atoms with Crippen LogP contribution in [0.4, 0.5) is 0 Å². The molecule has 19 heavy (non-hydrogen) atoms. The summed E-state index contributed by atoms with van der Waals surface area (Å²) in [5.41, 5.74) is 6.72. The first-order valence-electron chi connectivity index (χ1n) is 7.02. The first kappa shape index (κ1) is 14.3. The van der Waals surface area contributed by atoms with Gasteiger partial charge in [0.25, 0.3) is 0 Å². The Morgan fingerprint density at radius 2 is 2.26 bits per heavy atom. The fourth-order valence-corrected chi connectivity index (χ4v) is 2.56. The van der Waals surface area contributed by atoms with E-state index in [1.807, 2.05) is 31.2 Å². The van der Waals surface area contributed by atoms with Crippen LogP contribution in [0.25, 0.3) is 0 Å². The lowest BCUT2D eigenvalue weighted by Gasteiger charge is -2.18. The van der Waals surface area contributed by atoms with Crippen molar-refractivity contribution in [3.8, 4) is 5.75 Å². The third-order valence-electron chi connectivity index (χ3n) is 3.85. The predicted molar refractivity (Wildman–Crippen MR) is 76.1 cm³/mol. The first-order valence-corrected chi connectivity index (χ1v) is 7.02. The van der Waals surface area contributed by atoms with E-state index in [0.29, 0.717) is 19.1 Å². The van der Waals surface area contributed by atoms with Gasteiger partial charge in [-0.1, -0.05) is 18.2 Å². The Kier molecular flexibility index (Phi) is 5.19. The zero-order valence-electron chi connectivity index (χ0n) is 11.6. The van der Waals surface area contributed by atoms with Crippen LogP contribution in [-0.4, -0.2) is 42.4 Å². The molecule has 4 nitrogen and oxygen atoms in total. The van der Waals surface area contributed by atoms with Gasteiger partial charge < -0.3 is 15.6 Å². The van der Waals surface area contributed by atoms with Crippen molar-refractivity contribution in [1.29, 1.82) is 0 Å². The maximum atomic E-state index is 9.57. The molecule has 0 aliphatic carbocycles. The molecule has 1 aliphatic heterocycles. The Balaban J connectivity index is 1.75. The van der Waals surface area contributed by atoms with Gasteiger partial charge in [-0.3, -0.25) is 4.90 Å². The average Bonchev–Trinajstić information content (AvgIpc) is 2.88. The molecule has 1 fully saturated rings. The smallest absolute Gasteiger partial charge is 0.123 e. The maximum absolute atomic E-state index is 9.57. The summed E-state index contributed by atoms with van der Waals surface area (Å²) in [5.74, 6) is 1.30. The summed E-state index contributed by atoms with van der Waals surface area (Å²) < 4.78 is 5.80. The molecule has 0 radical (unpaired) electrons. The van der Waals surface area contributed by atoms with Gasteiger partial charge in [0.15, 0.2) is 0 Å². The van der Waals surface area contributed by atoms with E-state index < -0.39 is 0 Å². The topological polar surface area (TPSA) is 58.7 Å². The van der Waals surface area contributed by atoms with Crippen LogP contribution in [0.3, 0.4) is 0 Å². The monoisotopic (exact) mass is 264 g/mol. The van der Waals surface area contributed by atoms with E-state index >= 15 is 0 Å². The molecule has 1 aromatic carbocycles. The zero-order valence-corrected chi connectivity index (χ0v) is 11.6. The van der Waals surface area contributed by atoms with Gasteiger partial charge in [0, 0.05) is 25.2 Å². The van der Waals surface area contributed by atoms with Crippen molar-refractivity contribution in [2.75, 3.05) is 26.2 Å². The van der Waals surface area contributed by atoms with Crippen molar-refractivity contribution in [3.05, 3.63) is 29.8 Å². The number of likely N-dealkylation sites (tertiary alicyclic amines) is 1. The van der Waals surface area contributed by atoms with Gasteiger partial charge in [0.05, 0.1) is 6.10 Å². The minimum Gasteiger partial charge on any atom is -0.492 e. The van der Waals surface area contributed by atoms with Crippen LogP contribution in [0.15, 0.2) is 24.3 Å². The molecule has 0 aromatic heterocycles. The number of nitrogens with two attached hydrogens (primary N) is 1. The Hall–Kier alpha value is -1.10. The van der Waals surface area contributed by atoms with Crippen LogP contribution in [0, 0.1) is 5.92 Å². The maximum Gasteiger partial charge on any atom is 0.123 e. The number of benzene rings is 1. The number of hydrogen-bond donors (Lipinski definition) is 2. The van der Waals surface area contributed by atoms with Crippen molar-refractivity contribution < 1.29 is 9.84 Å². The highest BCUT2D eigenvalue weighted by atomic mass is 16.5. The molecular formula is C15H24N2O2. The quantitative estimate of drug-likeness (QED) is 0.811. The predicted octanol–water partition coefficient (Wildman–Crippen LogP) is 1.23. The standard InChI is InChI=1S/C15H24N2O2/c1-12(18)14-6-7-17(11-14)8-9-19-15-5-3-2-4-13(15)10-16/h2-5,12,14,18H,6-11,16H2,1H3. The third kappa shape index (κ3) is 3.93. The number of ether oxygens (including phenoxy) is 1. The summed E-state index contributed by atoms with van der Waals surface area (Å²) in [6, 6.07) is 7.90. The normalized spacial score (nSPS) is 21.5. The summed E-state index contributed by atoms with van der Waals surface area (Å²) in [7, 11) is 0. The summed E-state index contributed by atoms with van der Waals surface area (Å²) in [4.78, 5) is 2.35. The molecule has 1 aliphatic rings. The minimum atomic E-state index is -0.205. The fourth-order valence-electron chi connectivity index (χ4n) is 2.56. The summed E-state index contributed by atoms with van der Waals surface area (Å²) in [5, 5.41) is 9.57. The Bertz CT molecular complexity index is 395. The van der Waals surface area contributed by atoms with Gasteiger partial charge in [-0.05, 0) is 31.9 Å². The van der Waals surface area contributed by atoms with Gasteiger partial charge in [-0.2, -0.15) is 0 Å². The van der Waals surface area contributed by atoms with E-state index in [2.05, 4.69) is 4.90 Å². The molecule has 2 unspecified atom stereocenters. The molecular weight excluding hydrogens is 240 g/mol. The molecule has 1 aromatic rings. The highest BCUT2D eigenvalue weighted by molar-refractivity contribution is 5.32. The molecule has 0 spiro atoms. The van der Waals surface area contributed by atoms with Crippen molar-refractivity contribution in [2.24, 2.45) is 11.7 Å². The fraction of sp³-hybridized carbons (Fsp3) is 0.600. The third-order valence-corrected chi connectivity index (χ3v) is 3.85. The number of aliphatic hydroxyl groups is 1. The lowest BCUT2D eigenvalue weighted by atomic mass is 10.0. The van der Waals surface area contributed by atoms with Crippen LogP contribution in [0.2, 0.25) is 0 Å². The largest absolute Gasteiger partial charge is 0.492 e. The lowest BCUT2D eigenvalue weighted by molar-refractivity contribution is 0.125. The SMILES string of the molecule is CC(O)C1CCN(CCOc2ccccc2CN)C1. The molecule has 0 saturated carbocycles. The number of aliphatic hydroxyl groups excluding tert-OH is 1. The lowest BCUT2D eigenvalue weighted by Crippen LogP contribution is -2.28. The summed E-state index contributed by atoms with van der Waals surface area (Å²) in [6.45, 7) is 5.98. The van der Waals surface area contributed by atoms with E-state index in [4.69, 9.17) is 10.5 Å². The van der Waals surface area contributed by atoms with E-state index in [-0.39, 0.29) is 6.10 Å². The molecule has 0 bridgehead atoms. The van der Waals surface area contributed by atoms with Crippen LogP contribution < -0.4 is 10.5 Å². The van der Waals surface area contributed by atoms with Gasteiger partial charge >= 0.3 is 0 Å². The second-order valence-electron chi connectivity index (χ2n) is 5.25. The highest BCUT2D eigenvalue weighted by Gasteiger charge is 2.25. The van der Waals surface area contributed by atoms with E-state index in [1.54, 1.807) is 0 Å². The molecule has 3 N–H and O–H groups in total. The molecule has 106 valence electrons. The summed E-state index contributed by atoms with van der Waals surface area (Å²) >= 11 is 0. The Labute approximate surface area is 115 Å². The van der Waals surface area contributed by atoms with Crippen molar-refractivity contribution in [2.45, 2.75) is 26.0 Å². The Morgan fingerprint density at radius 3 is 2.95 bits per heavy atom. The number of para-hydroxylation sites is 1. The molecule has 4 heteroatoms. The van der Waals surface area contributed by atoms with Crippen LogP contribution in [0.1, 0.15) is 18.9 Å². The molecule has 1 saturated heterocycles. The summed E-state index contributed by atoms with van der Waals surface area (Å²) in [6.07, 6.45) is 0.876. The zero-order chi connectivity index (χ0) is 13.7. The second-order valence-corrected chi connectivity index (χ2v) is 5.25. The second kappa shape index (κ2) is 6.89. The highest BCUT2D eigenvalue weighted by Crippen LogP contribution is 2.20. The van der Waals surface area contributed by atoms with E-state index in [9.17, 15) is 5.11 Å². The van der Waals surface area contributed by atoms with Crippen LogP contribution >= 0.6 is 0 Å². The molecule has 1 heterocycles. The number of hydrogen-bond acceptors (Lipinski definition) is 4. The average molecular weight is 264 g/mol. The van der Waals surface area contributed by atoms with Gasteiger partial charge in [-0.25, -0.2) is 0 Å². The van der Waals surface area contributed by atoms with Gasteiger partial charge in [-0.15, -0.1) is 0 Å². The van der Waals surface area contributed by atoms with E-state index in [0.717, 1.165) is 37.4 Å². The molecule has 2 atom stereocenters. The minimum absolute atomic E-state index is 0.205. The molecule has 0 amide bonds. The van der Waals surface area contributed by atoms with Gasteiger partial charge in [0.1, 0.15) is 12.4 Å². The van der Waals surface area contributed by atoms with Crippen molar-refractivity contribution >= 4 is 0 Å². The van der Waals surface area contributed by atoms with Crippen molar-refractivity contribution in [3.63, 3.8) is 0 Å². The van der Waals surface area contributed by atoms with Crippen LogP contribution in [0.5, 0.6) is 5.75 Å². The first-order chi connectivity index (χ1) is 9.20. The van der Waals surface area contributed by atoms with Crippen molar-refractivity contribution in [1.82, 2.24) is 4.90 Å². The van der Waals surface area contributed by atoms with Crippen LogP contribution in [-0.2, 0) is 6.54 Å². The molecule has 2 rings (SSSR count). The Morgan fingerprint density at radius 1 is 1.47 bits per heavy atom. The number of rotatable bonds is 6.